The van der Waals surface area contributed by atoms with E-state index in [0.717, 1.165) is 42.6 Å². The maximum absolute atomic E-state index is 13.2. The largest absolute Gasteiger partial charge is 0.368 e. The van der Waals surface area contributed by atoms with E-state index in [9.17, 15) is 14.9 Å². The van der Waals surface area contributed by atoms with Crippen LogP contribution >= 0.6 is 0 Å². The molecule has 2 aliphatic rings. The Morgan fingerprint density at radius 1 is 1.21 bits per heavy atom. The van der Waals surface area contributed by atoms with E-state index in [0.29, 0.717) is 6.42 Å². The summed E-state index contributed by atoms with van der Waals surface area (Å²) in [4.78, 5) is 26.3. The first kappa shape index (κ1) is 18.5. The fourth-order valence-electron chi connectivity index (χ4n) is 4.59. The third-order valence-electron chi connectivity index (χ3n) is 6.03. The molecule has 0 aromatic heterocycles. The van der Waals surface area contributed by atoms with Gasteiger partial charge in [0.1, 0.15) is 0 Å². The Morgan fingerprint density at radius 2 is 2.00 bits per heavy atom. The average Bonchev–Trinajstić information content (AvgIpc) is 2.73. The molecule has 0 saturated carbocycles. The van der Waals surface area contributed by atoms with Crippen molar-refractivity contribution in [2.45, 2.75) is 44.7 Å². The smallest absolute Gasteiger partial charge is 0.269 e. The van der Waals surface area contributed by atoms with Gasteiger partial charge in [-0.3, -0.25) is 14.9 Å². The molecule has 146 valence electrons. The standard InChI is InChI=1S/C22H25N3O3/c1-15(16-7-3-2-4-8-16)23-22(26)19-14-17-13-18(25(27)28)10-11-20(17)24-12-6-5-9-21(19)24/h2-4,7-8,10-11,13,15,19,21H,5-6,9,12,14H2,1H3,(H,23,26)/t15-,19-,21-/m0/s1. The van der Waals surface area contributed by atoms with Crippen LogP contribution in [0.1, 0.15) is 43.4 Å². The molecule has 2 heterocycles. The first-order chi connectivity index (χ1) is 13.5. The van der Waals surface area contributed by atoms with Crippen LogP contribution in [0.2, 0.25) is 0 Å². The van der Waals surface area contributed by atoms with Gasteiger partial charge < -0.3 is 10.2 Å². The first-order valence-electron chi connectivity index (χ1n) is 9.94. The lowest BCUT2D eigenvalue weighted by Crippen LogP contribution is -2.53. The number of carbonyl (C=O) groups excluding carboxylic acids is 1. The Morgan fingerprint density at radius 3 is 2.75 bits per heavy atom. The van der Waals surface area contributed by atoms with Crippen molar-refractivity contribution in [3.8, 4) is 0 Å². The number of benzene rings is 2. The van der Waals surface area contributed by atoms with Crippen LogP contribution in [0.15, 0.2) is 48.5 Å². The minimum atomic E-state index is -0.366. The second-order valence-corrected chi connectivity index (χ2v) is 7.78. The summed E-state index contributed by atoms with van der Waals surface area (Å²) < 4.78 is 0. The Bertz CT molecular complexity index is 884. The highest BCUT2D eigenvalue weighted by Gasteiger charge is 2.40. The molecule has 4 rings (SSSR count). The topological polar surface area (TPSA) is 75.5 Å². The Kier molecular flexibility index (Phi) is 5.03. The van der Waals surface area contributed by atoms with Crippen molar-refractivity contribution in [2.24, 2.45) is 5.92 Å². The number of anilines is 1. The zero-order valence-electron chi connectivity index (χ0n) is 16.0. The molecule has 0 aliphatic carbocycles. The van der Waals surface area contributed by atoms with Gasteiger partial charge in [0.25, 0.3) is 5.69 Å². The van der Waals surface area contributed by atoms with Crippen molar-refractivity contribution in [1.29, 1.82) is 0 Å². The molecular weight excluding hydrogens is 354 g/mol. The number of non-ortho nitro benzene ring substituents is 1. The van der Waals surface area contributed by atoms with Gasteiger partial charge in [0, 0.05) is 30.4 Å². The predicted octanol–water partition coefficient (Wildman–Crippen LogP) is 4.00. The summed E-state index contributed by atoms with van der Waals surface area (Å²) in [5, 5.41) is 14.4. The SMILES string of the molecule is C[C@H](NC(=O)[C@H]1Cc2cc([N+](=O)[O-])ccc2N2CCCC[C@@H]12)c1ccccc1. The summed E-state index contributed by atoms with van der Waals surface area (Å²) in [6.07, 6.45) is 3.73. The second-order valence-electron chi connectivity index (χ2n) is 7.78. The summed E-state index contributed by atoms with van der Waals surface area (Å²) in [6, 6.07) is 15.1. The number of piperidine rings is 1. The van der Waals surface area contributed by atoms with Gasteiger partial charge in [-0.1, -0.05) is 30.3 Å². The summed E-state index contributed by atoms with van der Waals surface area (Å²) in [7, 11) is 0. The van der Waals surface area contributed by atoms with E-state index >= 15 is 0 Å². The molecule has 1 saturated heterocycles. The monoisotopic (exact) mass is 379 g/mol. The van der Waals surface area contributed by atoms with Gasteiger partial charge in [0.2, 0.25) is 5.91 Å². The Labute approximate surface area is 164 Å². The third-order valence-corrected chi connectivity index (χ3v) is 6.03. The van der Waals surface area contributed by atoms with Crippen molar-refractivity contribution < 1.29 is 9.72 Å². The van der Waals surface area contributed by atoms with Crippen LogP contribution in [-0.4, -0.2) is 23.4 Å². The lowest BCUT2D eigenvalue weighted by atomic mass is 9.80. The van der Waals surface area contributed by atoms with E-state index in [-0.39, 0.29) is 34.5 Å². The van der Waals surface area contributed by atoms with Crippen LogP contribution in [-0.2, 0) is 11.2 Å². The predicted molar refractivity (Wildman–Crippen MR) is 108 cm³/mol. The normalized spacial score (nSPS) is 22.0. The Balaban J connectivity index is 1.60. The molecule has 1 fully saturated rings. The van der Waals surface area contributed by atoms with E-state index in [1.54, 1.807) is 12.1 Å². The summed E-state index contributed by atoms with van der Waals surface area (Å²) in [6.45, 7) is 2.89. The van der Waals surface area contributed by atoms with Crippen molar-refractivity contribution in [3.63, 3.8) is 0 Å². The molecule has 1 amide bonds. The number of fused-ring (bicyclic) bond motifs is 3. The molecule has 2 aliphatic heterocycles. The van der Waals surface area contributed by atoms with Crippen molar-refractivity contribution in [2.75, 3.05) is 11.4 Å². The van der Waals surface area contributed by atoms with Gasteiger partial charge in [0.15, 0.2) is 0 Å². The average molecular weight is 379 g/mol. The van der Waals surface area contributed by atoms with Crippen LogP contribution in [0.3, 0.4) is 0 Å². The van der Waals surface area contributed by atoms with E-state index in [4.69, 9.17) is 0 Å². The number of hydrogen-bond acceptors (Lipinski definition) is 4. The van der Waals surface area contributed by atoms with Crippen molar-refractivity contribution in [3.05, 3.63) is 69.8 Å². The quantitative estimate of drug-likeness (QED) is 0.643. The molecule has 6 heteroatoms. The highest BCUT2D eigenvalue weighted by atomic mass is 16.6. The molecule has 2 aromatic carbocycles. The fourth-order valence-corrected chi connectivity index (χ4v) is 4.59. The zero-order valence-corrected chi connectivity index (χ0v) is 16.0. The number of nitrogens with one attached hydrogen (secondary N) is 1. The fraction of sp³-hybridized carbons (Fsp3) is 0.409. The number of nitro benzene ring substituents is 1. The van der Waals surface area contributed by atoms with Crippen LogP contribution in [0, 0.1) is 16.0 Å². The minimum Gasteiger partial charge on any atom is -0.368 e. The van der Waals surface area contributed by atoms with Gasteiger partial charge >= 0.3 is 0 Å². The van der Waals surface area contributed by atoms with Crippen molar-refractivity contribution in [1.82, 2.24) is 5.32 Å². The van der Waals surface area contributed by atoms with Crippen LogP contribution in [0.5, 0.6) is 0 Å². The maximum Gasteiger partial charge on any atom is 0.269 e. The van der Waals surface area contributed by atoms with Gasteiger partial charge in [-0.15, -0.1) is 0 Å². The molecule has 3 atom stereocenters. The van der Waals surface area contributed by atoms with E-state index in [1.165, 1.54) is 0 Å². The maximum atomic E-state index is 13.2. The zero-order chi connectivity index (χ0) is 19.7. The molecular formula is C22H25N3O3. The van der Waals surface area contributed by atoms with Crippen LogP contribution < -0.4 is 10.2 Å². The number of rotatable bonds is 4. The third kappa shape index (κ3) is 3.46. The highest BCUT2D eigenvalue weighted by Crippen LogP contribution is 2.40. The Hall–Kier alpha value is -2.89. The lowest BCUT2D eigenvalue weighted by molar-refractivity contribution is -0.384. The molecule has 28 heavy (non-hydrogen) atoms. The van der Waals surface area contributed by atoms with Gasteiger partial charge in [0.05, 0.1) is 16.9 Å². The number of carbonyl (C=O) groups is 1. The van der Waals surface area contributed by atoms with Gasteiger partial charge in [-0.2, -0.15) is 0 Å². The molecule has 0 spiro atoms. The minimum absolute atomic E-state index is 0.0328. The molecule has 0 bridgehead atoms. The van der Waals surface area contributed by atoms with E-state index in [2.05, 4.69) is 10.2 Å². The van der Waals surface area contributed by atoms with Crippen LogP contribution in [0.4, 0.5) is 11.4 Å². The van der Waals surface area contributed by atoms with Crippen molar-refractivity contribution >= 4 is 17.3 Å². The van der Waals surface area contributed by atoms with Gasteiger partial charge in [-0.05, 0) is 49.8 Å². The number of nitro groups is 1. The van der Waals surface area contributed by atoms with E-state index < -0.39 is 0 Å². The molecule has 0 radical (unpaired) electrons. The van der Waals surface area contributed by atoms with Gasteiger partial charge in [-0.25, -0.2) is 0 Å². The van der Waals surface area contributed by atoms with Crippen LogP contribution in [0.25, 0.3) is 0 Å². The summed E-state index contributed by atoms with van der Waals surface area (Å²) in [5.41, 5.74) is 3.12. The second kappa shape index (κ2) is 7.62. The summed E-state index contributed by atoms with van der Waals surface area (Å²) >= 11 is 0. The first-order valence-corrected chi connectivity index (χ1v) is 9.94. The summed E-state index contributed by atoms with van der Waals surface area (Å²) in [5.74, 6) is -0.161. The number of nitrogens with zero attached hydrogens (tertiary/aromatic N) is 2. The number of hydrogen-bond donors (Lipinski definition) is 1. The molecule has 2 aromatic rings. The highest BCUT2D eigenvalue weighted by molar-refractivity contribution is 5.82. The number of amides is 1. The lowest BCUT2D eigenvalue weighted by Gasteiger charge is -2.46. The molecule has 1 N–H and O–H groups in total. The molecule has 6 nitrogen and oxygen atoms in total. The van der Waals surface area contributed by atoms with E-state index in [1.807, 2.05) is 43.3 Å². The molecule has 0 unspecified atom stereocenters.